The maximum atomic E-state index is 10.2. The van der Waals surface area contributed by atoms with Gasteiger partial charge >= 0.3 is 0 Å². The standard InChI is InChI=1S/C19H30N2O4/c1-23-19-7-3-2-6-18(19)21-10-8-20(9-11-21)13-16(22)14-24-15-17-5-4-12-25-17/h2-3,6-7,16-17,22H,4-5,8-15H2,1H3/t16-,17+/m1/s1. The number of para-hydroxylation sites is 2. The minimum absolute atomic E-state index is 0.219. The van der Waals surface area contributed by atoms with E-state index in [1.807, 2.05) is 18.2 Å². The second-order valence-corrected chi connectivity index (χ2v) is 6.79. The van der Waals surface area contributed by atoms with Gasteiger partial charge in [0, 0.05) is 39.3 Å². The van der Waals surface area contributed by atoms with Crippen LogP contribution in [0.4, 0.5) is 5.69 Å². The Morgan fingerprint density at radius 3 is 2.76 bits per heavy atom. The summed E-state index contributed by atoms with van der Waals surface area (Å²) in [5, 5.41) is 10.2. The van der Waals surface area contributed by atoms with E-state index in [0.29, 0.717) is 19.8 Å². The Morgan fingerprint density at radius 2 is 2.04 bits per heavy atom. The van der Waals surface area contributed by atoms with Gasteiger partial charge in [-0.05, 0) is 25.0 Å². The molecule has 0 aromatic heterocycles. The van der Waals surface area contributed by atoms with E-state index in [9.17, 15) is 5.11 Å². The average molecular weight is 350 g/mol. The predicted molar refractivity (Wildman–Crippen MR) is 97.4 cm³/mol. The quantitative estimate of drug-likeness (QED) is 0.764. The minimum Gasteiger partial charge on any atom is -0.495 e. The lowest BCUT2D eigenvalue weighted by Crippen LogP contribution is -2.49. The molecule has 1 N–H and O–H groups in total. The first-order valence-corrected chi connectivity index (χ1v) is 9.24. The number of hydrogen-bond donors (Lipinski definition) is 1. The van der Waals surface area contributed by atoms with Gasteiger partial charge in [0.15, 0.2) is 0 Å². The molecule has 6 nitrogen and oxygen atoms in total. The van der Waals surface area contributed by atoms with Crippen LogP contribution in [0.25, 0.3) is 0 Å². The van der Waals surface area contributed by atoms with E-state index in [4.69, 9.17) is 14.2 Å². The summed E-state index contributed by atoms with van der Waals surface area (Å²) in [5.74, 6) is 0.915. The molecule has 0 bridgehead atoms. The Bertz CT molecular complexity index is 514. The molecule has 1 aromatic rings. The maximum absolute atomic E-state index is 10.2. The van der Waals surface area contributed by atoms with Gasteiger partial charge in [0.2, 0.25) is 0 Å². The van der Waals surface area contributed by atoms with Crippen molar-refractivity contribution in [3.05, 3.63) is 24.3 Å². The zero-order chi connectivity index (χ0) is 17.5. The number of rotatable bonds is 8. The predicted octanol–water partition coefficient (Wildman–Crippen LogP) is 1.37. The van der Waals surface area contributed by atoms with Crippen LogP contribution in [0.1, 0.15) is 12.8 Å². The lowest BCUT2D eigenvalue weighted by Gasteiger charge is -2.37. The van der Waals surface area contributed by atoms with Crippen LogP contribution in [0.5, 0.6) is 5.75 Å². The fourth-order valence-corrected chi connectivity index (χ4v) is 3.52. The zero-order valence-electron chi connectivity index (χ0n) is 15.1. The normalized spacial score (nSPS) is 23.0. The summed E-state index contributed by atoms with van der Waals surface area (Å²) in [6.45, 7) is 6.21. The van der Waals surface area contributed by atoms with Gasteiger partial charge in [-0.1, -0.05) is 12.1 Å². The first-order valence-electron chi connectivity index (χ1n) is 9.24. The first-order chi connectivity index (χ1) is 12.3. The highest BCUT2D eigenvalue weighted by Crippen LogP contribution is 2.28. The smallest absolute Gasteiger partial charge is 0.142 e. The van der Waals surface area contributed by atoms with Crippen LogP contribution in [-0.4, -0.2) is 81.9 Å². The van der Waals surface area contributed by atoms with Crippen molar-refractivity contribution in [2.24, 2.45) is 0 Å². The number of ether oxygens (including phenoxy) is 3. The highest BCUT2D eigenvalue weighted by atomic mass is 16.5. The average Bonchev–Trinajstić information content (AvgIpc) is 3.16. The SMILES string of the molecule is COc1ccccc1N1CCN(C[C@@H](O)COC[C@@H]2CCCO2)CC1. The summed E-state index contributed by atoms with van der Waals surface area (Å²) in [7, 11) is 1.71. The van der Waals surface area contributed by atoms with Gasteiger partial charge < -0.3 is 24.2 Å². The summed E-state index contributed by atoms with van der Waals surface area (Å²) in [4.78, 5) is 4.64. The number of methoxy groups -OCH3 is 1. The third kappa shape index (κ3) is 5.31. The maximum Gasteiger partial charge on any atom is 0.142 e. The molecule has 2 fully saturated rings. The van der Waals surface area contributed by atoms with Gasteiger partial charge in [0.25, 0.3) is 0 Å². The van der Waals surface area contributed by atoms with Crippen molar-refractivity contribution in [1.82, 2.24) is 4.90 Å². The largest absolute Gasteiger partial charge is 0.495 e. The molecule has 0 spiro atoms. The van der Waals surface area contributed by atoms with Crippen molar-refractivity contribution in [3.8, 4) is 5.75 Å². The lowest BCUT2D eigenvalue weighted by atomic mass is 10.2. The summed E-state index contributed by atoms with van der Waals surface area (Å²) in [6.07, 6.45) is 1.96. The fourth-order valence-electron chi connectivity index (χ4n) is 3.52. The van der Waals surface area contributed by atoms with E-state index in [1.165, 1.54) is 0 Å². The van der Waals surface area contributed by atoms with Gasteiger partial charge in [-0.15, -0.1) is 0 Å². The fraction of sp³-hybridized carbons (Fsp3) is 0.684. The number of anilines is 1. The van der Waals surface area contributed by atoms with Gasteiger partial charge in [0.1, 0.15) is 5.75 Å². The van der Waals surface area contributed by atoms with E-state index < -0.39 is 6.10 Å². The number of hydrogen-bond acceptors (Lipinski definition) is 6. The van der Waals surface area contributed by atoms with Gasteiger partial charge in [-0.3, -0.25) is 4.90 Å². The van der Waals surface area contributed by atoms with E-state index >= 15 is 0 Å². The Kier molecular flexibility index (Phi) is 6.93. The van der Waals surface area contributed by atoms with Crippen molar-refractivity contribution < 1.29 is 19.3 Å². The number of benzene rings is 1. The Morgan fingerprint density at radius 1 is 1.24 bits per heavy atom. The third-order valence-corrected chi connectivity index (χ3v) is 4.91. The Hall–Kier alpha value is -1.34. The molecule has 140 valence electrons. The first kappa shape index (κ1) is 18.5. The molecule has 0 aliphatic carbocycles. The highest BCUT2D eigenvalue weighted by molar-refractivity contribution is 5.58. The molecule has 2 aliphatic heterocycles. The highest BCUT2D eigenvalue weighted by Gasteiger charge is 2.22. The summed E-state index contributed by atoms with van der Waals surface area (Å²) in [6, 6.07) is 8.13. The minimum atomic E-state index is -0.445. The number of aliphatic hydroxyl groups excluding tert-OH is 1. The van der Waals surface area contributed by atoms with Crippen molar-refractivity contribution in [3.63, 3.8) is 0 Å². The van der Waals surface area contributed by atoms with Crippen LogP contribution in [0.3, 0.4) is 0 Å². The van der Waals surface area contributed by atoms with E-state index in [-0.39, 0.29) is 6.10 Å². The summed E-state index contributed by atoms with van der Waals surface area (Å²) >= 11 is 0. The summed E-state index contributed by atoms with van der Waals surface area (Å²) < 4.78 is 16.6. The molecule has 0 saturated carbocycles. The Balaban J connectivity index is 1.37. The van der Waals surface area contributed by atoms with Crippen LogP contribution in [0.15, 0.2) is 24.3 Å². The monoisotopic (exact) mass is 350 g/mol. The van der Waals surface area contributed by atoms with Crippen molar-refractivity contribution in [2.45, 2.75) is 25.0 Å². The van der Waals surface area contributed by atoms with Crippen LogP contribution in [0, 0.1) is 0 Å². The van der Waals surface area contributed by atoms with E-state index in [0.717, 1.165) is 57.1 Å². The summed E-state index contributed by atoms with van der Waals surface area (Å²) in [5.41, 5.74) is 1.14. The molecular weight excluding hydrogens is 320 g/mol. The third-order valence-electron chi connectivity index (χ3n) is 4.91. The van der Waals surface area contributed by atoms with Crippen molar-refractivity contribution in [2.75, 3.05) is 64.6 Å². The number of β-amino-alcohol motifs (C(OH)–C–C–N with tert-alkyl or cyclic N) is 1. The van der Waals surface area contributed by atoms with Crippen LogP contribution in [-0.2, 0) is 9.47 Å². The number of aliphatic hydroxyl groups is 1. The van der Waals surface area contributed by atoms with Gasteiger partial charge in [-0.2, -0.15) is 0 Å². The molecule has 3 rings (SSSR count). The molecule has 2 aliphatic rings. The molecule has 0 unspecified atom stereocenters. The molecule has 0 radical (unpaired) electrons. The van der Waals surface area contributed by atoms with Crippen LogP contribution >= 0.6 is 0 Å². The van der Waals surface area contributed by atoms with Crippen molar-refractivity contribution in [1.29, 1.82) is 0 Å². The van der Waals surface area contributed by atoms with Crippen LogP contribution in [0.2, 0.25) is 0 Å². The molecular formula is C19H30N2O4. The topological polar surface area (TPSA) is 54.4 Å². The van der Waals surface area contributed by atoms with Crippen molar-refractivity contribution >= 4 is 5.69 Å². The number of piperazine rings is 1. The molecule has 2 heterocycles. The molecule has 2 saturated heterocycles. The number of nitrogens with zero attached hydrogens (tertiary/aromatic N) is 2. The second-order valence-electron chi connectivity index (χ2n) is 6.79. The zero-order valence-corrected chi connectivity index (χ0v) is 15.1. The molecule has 1 aromatic carbocycles. The van der Waals surface area contributed by atoms with E-state index in [2.05, 4.69) is 15.9 Å². The lowest BCUT2D eigenvalue weighted by molar-refractivity contribution is -0.0254. The second kappa shape index (κ2) is 9.38. The molecule has 25 heavy (non-hydrogen) atoms. The molecule has 6 heteroatoms. The molecule has 2 atom stereocenters. The van der Waals surface area contributed by atoms with Gasteiger partial charge in [-0.25, -0.2) is 0 Å². The van der Waals surface area contributed by atoms with Gasteiger partial charge in [0.05, 0.1) is 38.2 Å². The molecule has 0 amide bonds. The van der Waals surface area contributed by atoms with Crippen LogP contribution < -0.4 is 9.64 Å². The Labute approximate surface area is 150 Å². The van der Waals surface area contributed by atoms with E-state index in [1.54, 1.807) is 7.11 Å².